The fourth-order valence-electron chi connectivity index (χ4n) is 1.07. The van der Waals surface area contributed by atoms with Gasteiger partial charge in [-0.2, -0.15) is 13.2 Å². The molecule has 1 aromatic rings. The monoisotopic (exact) mass is 223 g/mol. The quantitative estimate of drug-likeness (QED) is 0.737. The molecule has 0 saturated carbocycles. The summed E-state index contributed by atoms with van der Waals surface area (Å²) < 4.78 is 58.1. The summed E-state index contributed by atoms with van der Waals surface area (Å²) in [6, 6.07) is 3.24. The van der Waals surface area contributed by atoms with Crippen LogP contribution in [-0.4, -0.2) is 8.42 Å². The number of hydrogen-bond acceptors (Lipinski definition) is 2. The number of hydrogen-bond donors (Lipinski definition) is 1. The average Bonchev–Trinajstić information content (AvgIpc) is 2.01. The van der Waals surface area contributed by atoms with Crippen molar-refractivity contribution in [1.29, 1.82) is 0 Å². The molecule has 1 rings (SSSR count). The maximum Gasteiger partial charge on any atom is 0.417 e. The van der Waals surface area contributed by atoms with E-state index < -0.39 is 27.3 Å². The second-order valence-electron chi connectivity index (χ2n) is 2.57. The highest BCUT2D eigenvalue weighted by Crippen LogP contribution is 2.34. The first-order valence-corrected chi connectivity index (χ1v) is 4.68. The number of halogens is 3. The van der Waals surface area contributed by atoms with E-state index in [4.69, 9.17) is 0 Å². The molecule has 0 fully saturated rings. The lowest BCUT2D eigenvalue weighted by Crippen LogP contribution is -2.10. The Hall–Kier alpha value is -1.04. The van der Waals surface area contributed by atoms with E-state index in [1.165, 1.54) is 6.07 Å². The van der Waals surface area contributed by atoms with Crippen LogP contribution in [0.1, 0.15) is 11.1 Å². The Labute approximate surface area is 80.3 Å². The van der Waals surface area contributed by atoms with Gasteiger partial charge in [-0.15, -0.1) is 0 Å². The molecule has 0 saturated heterocycles. The first-order chi connectivity index (χ1) is 6.34. The van der Waals surface area contributed by atoms with Crippen molar-refractivity contribution in [1.82, 2.24) is 0 Å². The highest BCUT2D eigenvalue weighted by atomic mass is 32.2. The summed E-state index contributed by atoms with van der Waals surface area (Å²) in [6.45, 7) is 3.14. The van der Waals surface area contributed by atoms with E-state index in [1.54, 1.807) is 0 Å². The zero-order valence-corrected chi connectivity index (χ0v) is 7.73. The molecule has 0 amide bonds. The van der Waals surface area contributed by atoms with E-state index in [0.29, 0.717) is 0 Å². The summed E-state index contributed by atoms with van der Waals surface area (Å²) in [6.07, 6.45) is -4.69. The summed E-state index contributed by atoms with van der Waals surface area (Å²) in [5.74, 6) is 0. The second kappa shape index (κ2) is 3.61. The fraction of sp³-hybridized carbons (Fsp3) is 0.125. The lowest BCUT2D eigenvalue weighted by molar-refractivity contribution is -0.140. The minimum atomic E-state index is -4.69. The van der Waals surface area contributed by atoms with Crippen molar-refractivity contribution >= 4 is 10.7 Å². The Bertz CT molecular complexity index is 413. The topological polar surface area (TPSA) is 34.1 Å². The van der Waals surface area contributed by atoms with Crippen LogP contribution < -0.4 is 0 Å². The summed E-state index contributed by atoms with van der Waals surface area (Å²) >= 11 is 0. The molecule has 0 aliphatic heterocycles. The van der Waals surface area contributed by atoms with Crippen molar-refractivity contribution in [3.05, 3.63) is 36.2 Å². The van der Waals surface area contributed by atoms with Crippen LogP contribution >= 0.6 is 0 Å². The molecular weight excluding hydrogens is 217 g/mol. The molecule has 0 heterocycles. The molecule has 2 nitrogen and oxygen atoms in total. The molecule has 6 heteroatoms. The van der Waals surface area contributed by atoms with Gasteiger partial charge in [0.15, 0.2) is 10.7 Å². The van der Waals surface area contributed by atoms with Crippen LogP contribution in [0.3, 0.4) is 0 Å². The lowest BCUT2D eigenvalue weighted by Gasteiger charge is -2.11. The van der Waals surface area contributed by atoms with E-state index in [9.17, 15) is 21.6 Å². The Balaban J connectivity index is 3.53. The second-order valence-corrected chi connectivity index (χ2v) is 3.56. The summed E-state index contributed by atoms with van der Waals surface area (Å²) in [5.41, 5.74) is -1.52. The van der Waals surface area contributed by atoms with Crippen LogP contribution in [0.5, 0.6) is 0 Å². The number of thiol groups is 1. The van der Waals surface area contributed by atoms with Gasteiger partial charge in [-0.05, 0) is 18.6 Å². The molecule has 0 unspecified atom stereocenters. The third-order valence-electron chi connectivity index (χ3n) is 1.61. The molecule has 77 valence electrons. The first kappa shape index (κ1) is 11.0. The van der Waals surface area contributed by atoms with E-state index in [2.05, 4.69) is 6.92 Å². The molecular formula is C8H6F3O2S. The maximum atomic E-state index is 12.4. The van der Waals surface area contributed by atoms with Crippen molar-refractivity contribution in [2.75, 3.05) is 0 Å². The molecule has 0 atom stereocenters. The average molecular weight is 223 g/mol. The van der Waals surface area contributed by atoms with Crippen molar-refractivity contribution in [2.24, 2.45) is 0 Å². The van der Waals surface area contributed by atoms with E-state index in [0.717, 1.165) is 12.1 Å². The zero-order valence-electron chi connectivity index (χ0n) is 6.84. The Morgan fingerprint density at radius 1 is 1.21 bits per heavy atom. The zero-order chi connectivity index (χ0) is 10.9. The predicted octanol–water partition coefficient (Wildman–Crippen LogP) is 1.86. The first-order valence-electron chi connectivity index (χ1n) is 3.50. The highest BCUT2D eigenvalue weighted by Gasteiger charge is 2.35. The van der Waals surface area contributed by atoms with Gasteiger partial charge >= 0.3 is 6.18 Å². The van der Waals surface area contributed by atoms with Gasteiger partial charge in [-0.3, -0.25) is 0 Å². The maximum absolute atomic E-state index is 12.4. The minimum Gasteiger partial charge on any atom is -0.227 e. The van der Waals surface area contributed by atoms with Crippen LogP contribution in [0.2, 0.25) is 0 Å². The van der Waals surface area contributed by atoms with Gasteiger partial charge in [-0.25, -0.2) is 8.42 Å². The van der Waals surface area contributed by atoms with Gasteiger partial charge in [0.2, 0.25) is 0 Å². The van der Waals surface area contributed by atoms with Crippen LogP contribution in [0.25, 0.3) is 0 Å². The summed E-state index contributed by atoms with van der Waals surface area (Å²) in [7, 11) is -3.26. The summed E-state index contributed by atoms with van der Waals surface area (Å²) in [5, 5.41) is 0. The van der Waals surface area contributed by atoms with E-state index >= 15 is 0 Å². The SMILES string of the molecule is [CH2]c1cccc([SH](=O)=O)c1C(F)(F)F. The Morgan fingerprint density at radius 2 is 1.79 bits per heavy atom. The number of rotatable bonds is 1. The van der Waals surface area contributed by atoms with Crippen molar-refractivity contribution in [2.45, 2.75) is 11.1 Å². The number of alkyl halides is 3. The normalized spacial score (nSPS) is 12.1. The number of benzene rings is 1. The summed E-state index contributed by atoms with van der Waals surface area (Å²) in [4.78, 5) is -0.736. The lowest BCUT2D eigenvalue weighted by atomic mass is 10.1. The minimum absolute atomic E-state index is 0.339. The Morgan fingerprint density at radius 3 is 2.14 bits per heavy atom. The van der Waals surface area contributed by atoms with Gasteiger partial charge in [-0.1, -0.05) is 12.1 Å². The van der Waals surface area contributed by atoms with Gasteiger partial charge in [0.25, 0.3) is 0 Å². The molecule has 0 aliphatic rings. The smallest absolute Gasteiger partial charge is 0.227 e. The van der Waals surface area contributed by atoms with E-state index in [-0.39, 0.29) is 5.56 Å². The Kier molecular flexibility index (Phi) is 2.84. The van der Waals surface area contributed by atoms with Crippen molar-refractivity contribution in [3.8, 4) is 0 Å². The van der Waals surface area contributed by atoms with Crippen LogP contribution in [0, 0.1) is 6.92 Å². The molecule has 14 heavy (non-hydrogen) atoms. The van der Waals surface area contributed by atoms with Crippen molar-refractivity contribution in [3.63, 3.8) is 0 Å². The molecule has 0 N–H and O–H groups in total. The third-order valence-corrected chi connectivity index (χ3v) is 2.37. The standard InChI is InChI=1S/C8H6F3O2S/c1-5-3-2-4-6(14(12)13)7(5)8(9,10)11/h2-4,14H,1H2. The van der Waals surface area contributed by atoms with E-state index in [1.807, 2.05) is 0 Å². The van der Waals surface area contributed by atoms with Gasteiger partial charge < -0.3 is 0 Å². The molecule has 1 radical (unpaired) electrons. The fourth-order valence-corrected chi connectivity index (χ4v) is 1.73. The largest absolute Gasteiger partial charge is 0.417 e. The molecule has 0 spiro atoms. The van der Waals surface area contributed by atoms with Gasteiger partial charge in [0, 0.05) is 0 Å². The molecule has 0 aliphatic carbocycles. The highest BCUT2D eigenvalue weighted by molar-refractivity contribution is 7.72. The third kappa shape index (κ3) is 2.06. The molecule has 1 aromatic carbocycles. The van der Waals surface area contributed by atoms with Crippen LogP contribution in [-0.2, 0) is 16.9 Å². The van der Waals surface area contributed by atoms with Crippen molar-refractivity contribution < 1.29 is 21.6 Å². The predicted molar refractivity (Wildman–Crippen MR) is 44.5 cm³/mol. The molecule has 0 aromatic heterocycles. The van der Waals surface area contributed by atoms with Gasteiger partial charge in [0.1, 0.15) is 0 Å². The molecule has 0 bridgehead atoms. The van der Waals surface area contributed by atoms with Gasteiger partial charge in [0.05, 0.1) is 10.5 Å². The van der Waals surface area contributed by atoms with Crippen LogP contribution in [0.15, 0.2) is 23.1 Å². The van der Waals surface area contributed by atoms with Crippen LogP contribution in [0.4, 0.5) is 13.2 Å².